The van der Waals surface area contributed by atoms with E-state index in [0.717, 1.165) is 26.2 Å². The van der Waals surface area contributed by atoms with E-state index in [1.165, 1.54) is 12.4 Å². The summed E-state index contributed by atoms with van der Waals surface area (Å²) in [5.41, 5.74) is -0.393. The van der Waals surface area contributed by atoms with Crippen LogP contribution in [0.1, 0.15) is 17.3 Å². The summed E-state index contributed by atoms with van der Waals surface area (Å²) < 4.78 is 1.66. The maximum atomic E-state index is 12.3. The van der Waals surface area contributed by atoms with Crippen LogP contribution >= 0.6 is 0 Å². The lowest BCUT2D eigenvalue weighted by atomic mass is 10.2. The summed E-state index contributed by atoms with van der Waals surface area (Å²) in [6.45, 7) is 6.23. The van der Waals surface area contributed by atoms with Crippen LogP contribution in [0.15, 0.2) is 17.2 Å². The normalized spacial score (nSPS) is 15.7. The highest BCUT2D eigenvalue weighted by molar-refractivity contribution is 5.91. The maximum absolute atomic E-state index is 12.3. The van der Waals surface area contributed by atoms with Crippen molar-refractivity contribution in [2.24, 2.45) is 0 Å². The fourth-order valence-corrected chi connectivity index (χ4v) is 3.02. The number of hydrogen-bond acceptors (Lipinski definition) is 7. The summed E-state index contributed by atoms with van der Waals surface area (Å²) in [7, 11) is 0. The standard InChI is InChI=1S/C16H21N5O4/c1-2-20-10-12(15(24)25)13(23)11-9-17-16(18-14(11)20)21-5-3-19(4-6-21)7-8-22/h9-10,22H,2-8H2,1H3,(H,24,25). The highest BCUT2D eigenvalue weighted by atomic mass is 16.4. The molecule has 0 saturated carbocycles. The van der Waals surface area contributed by atoms with Gasteiger partial charge in [-0.15, -0.1) is 0 Å². The number of aliphatic hydroxyl groups excluding tert-OH is 1. The molecule has 0 spiro atoms. The van der Waals surface area contributed by atoms with Crippen molar-refractivity contribution in [1.82, 2.24) is 19.4 Å². The molecule has 0 atom stereocenters. The highest BCUT2D eigenvalue weighted by Gasteiger charge is 2.21. The highest BCUT2D eigenvalue weighted by Crippen LogP contribution is 2.16. The zero-order valence-electron chi connectivity index (χ0n) is 14.1. The molecule has 2 aromatic rings. The number of pyridine rings is 1. The molecule has 9 nitrogen and oxygen atoms in total. The molecule has 134 valence electrons. The van der Waals surface area contributed by atoms with Gasteiger partial charge in [0.1, 0.15) is 11.2 Å². The fraction of sp³-hybridized carbons (Fsp3) is 0.500. The Hall–Kier alpha value is -2.52. The largest absolute Gasteiger partial charge is 0.477 e. The Balaban J connectivity index is 1.96. The lowest BCUT2D eigenvalue weighted by molar-refractivity contribution is 0.0695. The van der Waals surface area contributed by atoms with Gasteiger partial charge >= 0.3 is 5.97 Å². The van der Waals surface area contributed by atoms with Crippen LogP contribution < -0.4 is 10.3 Å². The van der Waals surface area contributed by atoms with Crippen molar-refractivity contribution in [3.63, 3.8) is 0 Å². The van der Waals surface area contributed by atoms with Crippen LogP contribution in [0.4, 0.5) is 5.95 Å². The second-order valence-electron chi connectivity index (χ2n) is 5.92. The van der Waals surface area contributed by atoms with E-state index in [4.69, 9.17) is 5.11 Å². The Bertz CT molecular complexity index is 842. The molecule has 1 saturated heterocycles. The van der Waals surface area contributed by atoms with Crippen molar-refractivity contribution < 1.29 is 15.0 Å². The van der Waals surface area contributed by atoms with Gasteiger partial charge in [0.05, 0.1) is 12.0 Å². The molecule has 0 unspecified atom stereocenters. The van der Waals surface area contributed by atoms with E-state index in [1.54, 1.807) is 4.57 Å². The SMILES string of the molecule is CCn1cc(C(=O)O)c(=O)c2cnc(N3CCN(CCO)CC3)nc21. The molecule has 1 fully saturated rings. The van der Waals surface area contributed by atoms with Gasteiger partial charge in [-0.1, -0.05) is 0 Å². The number of carbonyl (C=O) groups is 1. The lowest BCUT2D eigenvalue weighted by Crippen LogP contribution is -2.47. The van der Waals surface area contributed by atoms with Crippen LogP contribution in [0.2, 0.25) is 0 Å². The number of β-amino-alcohol motifs (C(OH)–C–C–N with tert-alkyl or cyclic N) is 1. The predicted molar refractivity (Wildman–Crippen MR) is 92.2 cm³/mol. The zero-order valence-corrected chi connectivity index (χ0v) is 14.1. The molecule has 9 heteroatoms. The van der Waals surface area contributed by atoms with Crippen molar-refractivity contribution in [2.75, 3.05) is 44.2 Å². The number of carboxylic acid groups (broad SMARTS) is 1. The Morgan fingerprint density at radius 2 is 2.00 bits per heavy atom. The second kappa shape index (κ2) is 7.16. The Morgan fingerprint density at radius 3 is 2.60 bits per heavy atom. The van der Waals surface area contributed by atoms with Crippen LogP contribution in [0.5, 0.6) is 0 Å². The number of nitrogens with zero attached hydrogens (tertiary/aromatic N) is 5. The van der Waals surface area contributed by atoms with Crippen LogP contribution in [-0.4, -0.2) is 74.9 Å². The Labute approximate surface area is 144 Å². The summed E-state index contributed by atoms with van der Waals surface area (Å²) in [6, 6.07) is 0. The third-order valence-electron chi connectivity index (χ3n) is 4.44. The van der Waals surface area contributed by atoms with E-state index in [0.29, 0.717) is 24.7 Å². The fourth-order valence-electron chi connectivity index (χ4n) is 3.02. The van der Waals surface area contributed by atoms with E-state index in [2.05, 4.69) is 14.9 Å². The van der Waals surface area contributed by atoms with Crippen LogP contribution in [0.3, 0.4) is 0 Å². The number of hydrogen-bond donors (Lipinski definition) is 2. The molecule has 2 aromatic heterocycles. The smallest absolute Gasteiger partial charge is 0.341 e. The number of aromatic carboxylic acids is 1. The maximum Gasteiger partial charge on any atom is 0.341 e. The van der Waals surface area contributed by atoms with Gasteiger partial charge in [0.2, 0.25) is 11.4 Å². The van der Waals surface area contributed by atoms with Gasteiger partial charge in [0, 0.05) is 51.7 Å². The summed E-state index contributed by atoms with van der Waals surface area (Å²) in [6.07, 6.45) is 2.75. The average molecular weight is 347 g/mol. The van der Waals surface area contributed by atoms with Gasteiger partial charge in [0.25, 0.3) is 0 Å². The van der Waals surface area contributed by atoms with E-state index in [9.17, 15) is 14.7 Å². The number of aromatic nitrogens is 3. The molecule has 25 heavy (non-hydrogen) atoms. The van der Waals surface area contributed by atoms with Gasteiger partial charge in [0.15, 0.2) is 0 Å². The van der Waals surface area contributed by atoms with E-state index in [1.807, 2.05) is 11.8 Å². The molecule has 3 heterocycles. The first-order valence-electron chi connectivity index (χ1n) is 8.26. The summed E-state index contributed by atoms with van der Waals surface area (Å²) in [4.78, 5) is 36.6. The molecule has 0 radical (unpaired) electrons. The van der Waals surface area contributed by atoms with E-state index in [-0.39, 0.29) is 17.6 Å². The minimum absolute atomic E-state index is 0.140. The molecule has 1 aliphatic heterocycles. The quantitative estimate of drug-likeness (QED) is 0.753. The van der Waals surface area contributed by atoms with Crippen LogP contribution in [0.25, 0.3) is 11.0 Å². The number of anilines is 1. The predicted octanol–water partition coefficient (Wildman–Crippen LogP) is -0.376. The molecule has 2 N–H and O–H groups in total. The zero-order chi connectivity index (χ0) is 18.0. The van der Waals surface area contributed by atoms with Crippen molar-refractivity contribution in [1.29, 1.82) is 0 Å². The van der Waals surface area contributed by atoms with Crippen molar-refractivity contribution >= 4 is 23.0 Å². The van der Waals surface area contributed by atoms with Gasteiger partial charge in [-0.25, -0.2) is 9.78 Å². The molecular weight excluding hydrogens is 326 g/mol. The first-order chi connectivity index (χ1) is 12.0. The molecule has 0 bridgehead atoms. The van der Waals surface area contributed by atoms with E-state index >= 15 is 0 Å². The van der Waals surface area contributed by atoms with Crippen molar-refractivity contribution in [3.05, 3.63) is 28.2 Å². The van der Waals surface area contributed by atoms with Gasteiger partial charge in [-0.05, 0) is 6.92 Å². The molecule has 0 amide bonds. The third-order valence-corrected chi connectivity index (χ3v) is 4.44. The number of aryl methyl sites for hydroxylation is 1. The number of rotatable bonds is 5. The van der Waals surface area contributed by atoms with Gasteiger partial charge in [-0.2, -0.15) is 4.98 Å². The van der Waals surface area contributed by atoms with Crippen LogP contribution in [0, 0.1) is 0 Å². The van der Waals surface area contributed by atoms with Crippen LogP contribution in [-0.2, 0) is 6.54 Å². The molecule has 0 aromatic carbocycles. The van der Waals surface area contributed by atoms with Gasteiger partial charge < -0.3 is 19.7 Å². The average Bonchev–Trinajstić information content (AvgIpc) is 2.62. The summed E-state index contributed by atoms with van der Waals surface area (Å²) in [5.74, 6) is -0.723. The van der Waals surface area contributed by atoms with Crippen molar-refractivity contribution in [3.8, 4) is 0 Å². The number of carboxylic acids is 1. The summed E-state index contributed by atoms with van der Waals surface area (Å²) in [5, 5.41) is 18.4. The number of aliphatic hydroxyl groups is 1. The van der Waals surface area contributed by atoms with Crippen molar-refractivity contribution in [2.45, 2.75) is 13.5 Å². The number of fused-ring (bicyclic) bond motifs is 1. The lowest BCUT2D eigenvalue weighted by Gasteiger charge is -2.34. The minimum Gasteiger partial charge on any atom is -0.477 e. The molecule has 0 aliphatic carbocycles. The third kappa shape index (κ3) is 3.33. The second-order valence-corrected chi connectivity index (χ2v) is 5.92. The molecular formula is C16H21N5O4. The number of piperazine rings is 1. The monoisotopic (exact) mass is 347 g/mol. The van der Waals surface area contributed by atoms with E-state index < -0.39 is 11.4 Å². The summed E-state index contributed by atoms with van der Waals surface area (Å²) >= 11 is 0. The minimum atomic E-state index is -1.25. The topological polar surface area (TPSA) is 112 Å². The molecule has 1 aliphatic rings. The Morgan fingerprint density at radius 1 is 1.28 bits per heavy atom. The molecule has 3 rings (SSSR count). The first kappa shape index (κ1) is 17.3. The Kier molecular flexibility index (Phi) is 4.95. The van der Waals surface area contributed by atoms with Gasteiger partial charge in [-0.3, -0.25) is 9.69 Å². The first-order valence-corrected chi connectivity index (χ1v) is 8.26.